The second-order valence-corrected chi connectivity index (χ2v) is 4.76. The van der Waals surface area contributed by atoms with Crippen LogP contribution in [0.25, 0.3) is 0 Å². The molecular formula is C10H11BrF2N2O. The fourth-order valence-corrected chi connectivity index (χ4v) is 1.86. The minimum Gasteiger partial charge on any atom is -0.370 e. The fraction of sp³-hybridized carbons (Fsp3) is 0.600. The zero-order valence-corrected chi connectivity index (χ0v) is 10.1. The summed E-state index contributed by atoms with van der Waals surface area (Å²) in [5.74, 6) is -2.05. The molecule has 1 fully saturated rings. The van der Waals surface area contributed by atoms with Crippen molar-refractivity contribution in [2.24, 2.45) is 0 Å². The van der Waals surface area contributed by atoms with Crippen molar-refractivity contribution < 1.29 is 13.5 Å². The van der Waals surface area contributed by atoms with Gasteiger partial charge in [-0.25, -0.2) is 18.7 Å². The predicted molar refractivity (Wildman–Crippen MR) is 57.1 cm³/mol. The van der Waals surface area contributed by atoms with Crippen molar-refractivity contribution in [3.8, 4) is 0 Å². The molecule has 0 saturated heterocycles. The standard InChI is InChI=1S/C10H11BrF2N2O/c11-7-4-14-9(15-5-7)6-16-8-1-2-10(12,13)3-8/h4-5,8H,1-3,6H2/t8-/m1/s1. The quantitative estimate of drug-likeness (QED) is 0.859. The number of hydrogen-bond acceptors (Lipinski definition) is 3. The second kappa shape index (κ2) is 4.71. The van der Waals surface area contributed by atoms with Crippen molar-refractivity contribution in [2.75, 3.05) is 0 Å². The van der Waals surface area contributed by atoms with Crippen LogP contribution in [0.15, 0.2) is 16.9 Å². The van der Waals surface area contributed by atoms with E-state index >= 15 is 0 Å². The van der Waals surface area contributed by atoms with Gasteiger partial charge in [0.25, 0.3) is 5.92 Å². The number of nitrogens with zero attached hydrogens (tertiary/aromatic N) is 2. The van der Waals surface area contributed by atoms with E-state index in [9.17, 15) is 8.78 Å². The van der Waals surface area contributed by atoms with Crippen LogP contribution in [0.3, 0.4) is 0 Å². The second-order valence-electron chi connectivity index (χ2n) is 3.85. The van der Waals surface area contributed by atoms with Crippen LogP contribution in [0.2, 0.25) is 0 Å². The molecule has 1 saturated carbocycles. The summed E-state index contributed by atoms with van der Waals surface area (Å²) in [4.78, 5) is 8.01. The van der Waals surface area contributed by atoms with Gasteiger partial charge in [0, 0.05) is 25.2 Å². The van der Waals surface area contributed by atoms with Gasteiger partial charge in [-0.2, -0.15) is 0 Å². The molecule has 1 atom stereocenters. The molecule has 16 heavy (non-hydrogen) atoms. The summed E-state index contributed by atoms with van der Waals surface area (Å²) in [5.41, 5.74) is 0. The monoisotopic (exact) mass is 292 g/mol. The van der Waals surface area contributed by atoms with Crippen molar-refractivity contribution in [2.45, 2.75) is 37.9 Å². The van der Waals surface area contributed by atoms with Crippen molar-refractivity contribution in [3.63, 3.8) is 0 Å². The maximum absolute atomic E-state index is 12.9. The topological polar surface area (TPSA) is 35.0 Å². The number of halogens is 3. The molecular weight excluding hydrogens is 282 g/mol. The highest BCUT2D eigenvalue weighted by atomic mass is 79.9. The average molecular weight is 293 g/mol. The van der Waals surface area contributed by atoms with E-state index < -0.39 is 5.92 Å². The minimum atomic E-state index is -2.56. The lowest BCUT2D eigenvalue weighted by atomic mass is 10.3. The first kappa shape index (κ1) is 11.9. The van der Waals surface area contributed by atoms with E-state index in [2.05, 4.69) is 25.9 Å². The van der Waals surface area contributed by atoms with Crippen molar-refractivity contribution in [1.82, 2.24) is 9.97 Å². The number of rotatable bonds is 3. The van der Waals surface area contributed by atoms with Crippen LogP contribution in [0.5, 0.6) is 0 Å². The highest BCUT2D eigenvalue weighted by Crippen LogP contribution is 2.36. The van der Waals surface area contributed by atoms with Crippen molar-refractivity contribution in [1.29, 1.82) is 0 Å². The molecule has 0 bridgehead atoms. The molecule has 1 aliphatic carbocycles. The molecule has 0 N–H and O–H groups in total. The lowest BCUT2D eigenvalue weighted by Crippen LogP contribution is -2.15. The zero-order valence-electron chi connectivity index (χ0n) is 8.50. The first-order valence-electron chi connectivity index (χ1n) is 5.01. The van der Waals surface area contributed by atoms with Gasteiger partial charge >= 0.3 is 0 Å². The Bertz CT molecular complexity index is 358. The summed E-state index contributed by atoms with van der Waals surface area (Å²) in [5, 5.41) is 0. The first-order chi connectivity index (χ1) is 7.55. The fourth-order valence-electron chi connectivity index (χ4n) is 1.66. The van der Waals surface area contributed by atoms with Crippen molar-refractivity contribution >= 4 is 15.9 Å². The van der Waals surface area contributed by atoms with E-state index in [0.717, 1.165) is 4.47 Å². The lowest BCUT2D eigenvalue weighted by Gasteiger charge is -2.11. The highest BCUT2D eigenvalue weighted by molar-refractivity contribution is 9.10. The normalized spacial score (nSPS) is 23.6. The Morgan fingerprint density at radius 2 is 2.12 bits per heavy atom. The van der Waals surface area contributed by atoms with E-state index in [1.807, 2.05) is 0 Å². The van der Waals surface area contributed by atoms with Gasteiger partial charge in [-0.1, -0.05) is 0 Å². The van der Waals surface area contributed by atoms with Crippen LogP contribution in [-0.2, 0) is 11.3 Å². The molecule has 1 heterocycles. The van der Waals surface area contributed by atoms with Gasteiger partial charge in [0.2, 0.25) is 0 Å². The van der Waals surface area contributed by atoms with E-state index in [1.165, 1.54) is 0 Å². The average Bonchev–Trinajstić information content (AvgIpc) is 2.58. The van der Waals surface area contributed by atoms with Crippen LogP contribution >= 0.6 is 15.9 Å². The molecule has 1 aromatic heterocycles. The molecule has 0 aliphatic heterocycles. The third-order valence-corrected chi connectivity index (χ3v) is 2.89. The lowest BCUT2D eigenvalue weighted by molar-refractivity contribution is -0.0235. The Morgan fingerprint density at radius 1 is 1.44 bits per heavy atom. The van der Waals surface area contributed by atoms with Gasteiger partial charge in [0.15, 0.2) is 5.82 Å². The summed E-state index contributed by atoms with van der Waals surface area (Å²) in [6.45, 7) is 0.189. The number of aromatic nitrogens is 2. The number of hydrogen-bond donors (Lipinski definition) is 0. The van der Waals surface area contributed by atoms with Gasteiger partial charge in [-0.3, -0.25) is 0 Å². The number of alkyl halides is 2. The van der Waals surface area contributed by atoms with Gasteiger partial charge in [0.05, 0.1) is 10.6 Å². The molecule has 0 unspecified atom stereocenters. The maximum Gasteiger partial charge on any atom is 0.250 e. The summed E-state index contributed by atoms with van der Waals surface area (Å²) in [6.07, 6.45) is 2.97. The third-order valence-electron chi connectivity index (χ3n) is 2.48. The van der Waals surface area contributed by atoms with Crippen LogP contribution in [0.4, 0.5) is 8.78 Å². The van der Waals surface area contributed by atoms with Gasteiger partial charge in [0.1, 0.15) is 6.61 Å². The highest BCUT2D eigenvalue weighted by Gasteiger charge is 2.39. The van der Waals surface area contributed by atoms with Crippen molar-refractivity contribution in [3.05, 3.63) is 22.7 Å². The molecule has 1 aliphatic rings. The first-order valence-corrected chi connectivity index (χ1v) is 5.80. The molecule has 0 spiro atoms. The molecule has 0 amide bonds. The zero-order chi connectivity index (χ0) is 11.6. The van der Waals surface area contributed by atoms with E-state index in [-0.39, 0.29) is 25.6 Å². The smallest absolute Gasteiger partial charge is 0.250 e. The minimum absolute atomic E-state index is 0.0845. The summed E-state index contributed by atoms with van der Waals surface area (Å²) >= 11 is 3.21. The SMILES string of the molecule is FC1(F)CC[C@@H](OCc2ncc(Br)cn2)C1. The predicted octanol–water partition coefficient (Wildman–Crippen LogP) is 2.94. The Labute approximate surface area is 100 Å². The van der Waals surface area contributed by atoms with Crippen LogP contribution in [0.1, 0.15) is 25.1 Å². The molecule has 88 valence electrons. The summed E-state index contributed by atoms with van der Waals surface area (Å²) in [6, 6.07) is 0. The molecule has 0 radical (unpaired) electrons. The van der Waals surface area contributed by atoms with E-state index in [4.69, 9.17) is 4.74 Å². The van der Waals surface area contributed by atoms with Crippen LogP contribution < -0.4 is 0 Å². The molecule has 1 aromatic rings. The summed E-state index contributed by atoms with van der Waals surface area (Å²) in [7, 11) is 0. The molecule has 0 aromatic carbocycles. The molecule has 2 rings (SSSR count). The maximum atomic E-state index is 12.9. The van der Waals surface area contributed by atoms with E-state index in [0.29, 0.717) is 12.2 Å². The third kappa shape index (κ3) is 3.18. The van der Waals surface area contributed by atoms with Gasteiger partial charge in [-0.15, -0.1) is 0 Å². The Kier molecular flexibility index (Phi) is 3.49. The Balaban J connectivity index is 1.82. The van der Waals surface area contributed by atoms with E-state index in [1.54, 1.807) is 12.4 Å². The molecule has 3 nitrogen and oxygen atoms in total. The Morgan fingerprint density at radius 3 is 2.69 bits per heavy atom. The van der Waals surface area contributed by atoms with Crippen LogP contribution in [-0.4, -0.2) is 22.0 Å². The number of ether oxygens (including phenoxy) is 1. The Hall–Kier alpha value is -0.620. The molecule has 6 heteroatoms. The van der Waals surface area contributed by atoms with Gasteiger partial charge in [-0.05, 0) is 22.4 Å². The largest absolute Gasteiger partial charge is 0.370 e. The van der Waals surface area contributed by atoms with Crippen LogP contribution in [0, 0.1) is 0 Å². The van der Waals surface area contributed by atoms with Gasteiger partial charge < -0.3 is 4.74 Å². The summed E-state index contributed by atoms with van der Waals surface area (Å²) < 4.78 is 31.8.